The predicted molar refractivity (Wildman–Crippen MR) is 54.1 cm³/mol. The van der Waals surface area contributed by atoms with Crippen molar-refractivity contribution in [2.75, 3.05) is 12.9 Å². The summed E-state index contributed by atoms with van der Waals surface area (Å²) < 4.78 is 18.6. The minimum absolute atomic E-state index is 0.272. The van der Waals surface area contributed by atoms with Gasteiger partial charge in [0.2, 0.25) is 0 Å². The molecule has 3 heteroatoms. The fourth-order valence-electron chi connectivity index (χ4n) is 1.13. The van der Waals surface area contributed by atoms with Crippen LogP contribution in [0.3, 0.4) is 0 Å². The van der Waals surface area contributed by atoms with Gasteiger partial charge in [0, 0.05) is 0 Å². The van der Waals surface area contributed by atoms with E-state index in [1.807, 2.05) is 26.2 Å². The van der Waals surface area contributed by atoms with Crippen molar-refractivity contribution in [2.45, 2.75) is 18.7 Å². The zero-order chi connectivity index (χ0) is 9.84. The molecule has 0 aliphatic rings. The molecule has 0 bridgehead atoms. The van der Waals surface area contributed by atoms with E-state index in [1.54, 1.807) is 0 Å². The first-order chi connectivity index (χ1) is 6.19. The summed E-state index contributed by atoms with van der Waals surface area (Å²) in [6.45, 7) is 4.22. The summed E-state index contributed by atoms with van der Waals surface area (Å²) in [5, 5.41) is 0. The van der Waals surface area contributed by atoms with Crippen LogP contribution in [0.25, 0.3) is 0 Å². The molecule has 1 rings (SSSR count). The van der Waals surface area contributed by atoms with Crippen LogP contribution in [0.15, 0.2) is 17.0 Å². The van der Waals surface area contributed by atoms with Gasteiger partial charge < -0.3 is 4.74 Å². The monoisotopic (exact) mass is 200 g/mol. The number of thioether (sulfide) groups is 1. The van der Waals surface area contributed by atoms with Crippen LogP contribution < -0.4 is 4.74 Å². The molecule has 13 heavy (non-hydrogen) atoms. The molecule has 0 atom stereocenters. The fourth-order valence-corrected chi connectivity index (χ4v) is 1.78. The number of benzene rings is 1. The molecule has 0 saturated heterocycles. The highest BCUT2D eigenvalue weighted by Gasteiger charge is 2.09. The minimum Gasteiger partial charge on any atom is -0.490 e. The van der Waals surface area contributed by atoms with Gasteiger partial charge in [-0.3, -0.25) is 0 Å². The molecule has 0 amide bonds. The average Bonchev–Trinajstić information content (AvgIpc) is 2.09. The van der Waals surface area contributed by atoms with E-state index in [0.29, 0.717) is 12.4 Å². The molecule has 0 aliphatic carbocycles. The molecule has 1 aromatic carbocycles. The molecular formula is C10H13FOS. The Hall–Kier alpha value is -0.700. The summed E-state index contributed by atoms with van der Waals surface area (Å²) in [4.78, 5) is 0.861. The van der Waals surface area contributed by atoms with Crippen LogP contribution in [0.1, 0.15) is 12.5 Å². The highest BCUT2D eigenvalue weighted by atomic mass is 32.2. The average molecular weight is 200 g/mol. The lowest BCUT2D eigenvalue weighted by molar-refractivity contribution is 0.313. The van der Waals surface area contributed by atoms with E-state index in [1.165, 1.54) is 17.8 Å². The van der Waals surface area contributed by atoms with Crippen LogP contribution in [0, 0.1) is 12.7 Å². The fraction of sp³-hybridized carbons (Fsp3) is 0.400. The number of hydrogen-bond acceptors (Lipinski definition) is 2. The van der Waals surface area contributed by atoms with E-state index in [9.17, 15) is 4.39 Å². The van der Waals surface area contributed by atoms with Crippen LogP contribution >= 0.6 is 11.8 Å². The van der Waals surface area contributed by atoms with E-state index in [4.69, 9.17) is 4.74 Å². The largest absolute Gasteiger partial charge is 0.490 e. The molecule has 0 fully saturated rings. The Morgan fingerprint density at radius 2 is 2.15 bits per heavy atom. The van der Waals surface area contributed by atoms with Crippen LogP contribution in [0.5, 0.6) is 5.75 Å². The molecule has 1 nitrogen and oxygen atoms in total. The normalized spacial score (nSPS) is 10.2. The summed E-state index contributed by atoms with van der Waals surface area (Å²) in [6.07, 6.45) is 1.91. The number of aryl methyl sites for hydroxylation is 1. The summed E-state index contributed by atoms with van der Waals surface area (Å²) in [5.74, 6) is 0.104. The van der Waals surface area contributed by atoms with Gasteiger partial charge in [-0.1, -0.05) is 0 Å². The first-order valence-corrected chi connectivity index (χ1v) is 5.38. The number of hydrogen-bond donors (Lipinski definition) is 0. The third-order valence-electron chi connectivity index (χ3n) is 1.66. The van der Waals surface area contributed by atoms with Gasteiger partial charge in [0.25, 0.3) is 0 Å². The highest BCUT2D eigenvalue weighted by molar-refractivity contribution is 7.98. The number of halogens is 1. The Labute approximate surface area is 82.3 Å². The molecule has 0 aromatic heterocycles. The minimum atomic E-state index is -0.272. The van der Waals surface area contributed by atoms with Crippen LogP contribution in [-0.2, 0) is 0 Å². The maximum atomic E-state index is 13.3. The third kappa shape index (κ3) is 2.37. The second-order valence-corrected chi connectivity index (χ2v) is 3.56. The molecule has 1 aromatic rings. The van der Waals surface area contributed by atoms with Crippen molar-refractivity contribution < 1.29 is 9.13 Å². The molecule has 0 radical (unpaired) electrons. The van der Waals surface area contributed by atoms with Gasteiger partial charge in [0.1, 0.15) is 0 Å². The quantitative estimate of drug-likeness (QED) is 0.693. The highest BCUT2D eigenvalue weighted by Crippen LogP contribution is 2.31. The zero-order valence-corrected chi connectivity index (χ0v) is 8.87. The third-order valence-corrected chi connectivity index (χ3v) is 2.41. The summed E-state index contributed by atoms with van der Waals surface area (Å²) in [5.41, 5.74) is 0.922. The number of rotatable bonds is 3. The molecule has 0 N–H and O–H groups in total. The zero-order valence-electron chi connectivity index (χ0n) is 8.06. The van der Waals surface area contributed by atoms with E-state index < -0.39 is 0 Å². The number of ether oxygens (including phenoxy) is 1. The van der Waals surface area contributed by atoms with Gasteiger partial charge in [-0.25, -0.2) is 4.39 Å². The maximum absolute atomic E-state index is 13.3. The van der Waals surface area contributed by atoms with Crippen molar-refractivity contribution in [1.29, 1.82) is 0 Å². The lowest BCUT2D eigenvalue weighted by Crippen LogP contribution is -1.97. The van der Waals surface area contributed by atoms with Crippen molar-refractivity contribution in [2.24, 2.45) is 0 Å². The van der Waals surface area contributed by atoms with E-state index in [0.717, 1.165) is 10.5 Å². The maximum Gasteiger partial charge on any atom is 0.168 e. The Morgan fingerprint density at radius 3 is 2.69 bits per heavy atom. The SMILES string of the molecule is CCOc1c(F)cc(C)cc1SC. The van der Waals surface area contributed by atoms with Crippen molar-refractivity contribution in [1.82, 2.24) is 0 Å². The van der Waals surface area contributed by atoms with Crippen molar-refractivity contribution in [3.8, 4) is 5.75 Å². The van der Waals surface area contributed by atoms with Crippen LogP contribution in [-0.4, -0.2) is 12.9 Å². The topological polar surface area (TPSA) is 9.23 Å². The Kier molecular flexibility index (Phi) is 3.60. The van der Waals surface area contributed by atoms with E-state index in [2.05, 4.69) is 0 Å². The van der Waals surface area contributed by atoms with Gasteiger partial charge >= 0.3 is 0 Å². The molecule has 72 valence electrons. The molecule has 0 spiro atoms. The van der Waals surface area contributed by atoms with E-state index >= 15 is 0 Å². The summed E-state index contributed by atoms with van der Waals surface area (Å²) in [7, 11) is 0. The summed E-state index contributed by atoms with van der Waals surface area (Å²) >= 11 is 1.50. The van der Waals surface area contributed by atoms with Crippen molar-refractivity contribution in [3.63, 3.8) is 0 Å². The molecular weight excluding hydrogens is 187 g/mol. The standard InChI is InChI=1S/C10H13FOS/c1-4-12-10-8(11)5-7(2)6-9(10)13-3/h5-6H,4H2,1-3H3. The first kappa shape index (κ1) is 10.4. The van der Waals surface area contributed by atoms with Gasteiger partial charge in [0.05, 0.1) is 11.5 Å². The van der Waals surface area contributed by atoms with Crippen molar-refractivity contribution in [3.05, 3.63) is 23.5 Å². The molecule has 0 unspecified atom stereocenters. The molecule has 0 aliphatic heterocycles. The van der Waals surface area contributed by atoms with Crippen LogP contribution in [0.4, 0.5) is 4.39 Å². The first-order valence-electron chi connectivity index (χ1n) is 4.16. The lowest BCUT2D eigenvalue weighted by Gasteiger charge is -2.09. The molecule has 0 saturated carbocycles. The van der Waals surface area contributed by atoms with Gasteiger partial charge in [-0.05, 0) is 37.8 Å². The Balaban J connectivity index is 3.13. The predicted octanol–water partition coefficient (Wildman–Crippen LogP) is 3.25. The second kappa shape index (κ2) is 4.51. The smallest absolute Gasteiger partial charge is 0.168 e. The summed E-state index contributed by atoms with van der Waals surface area (Å²) in [6, 6.07) is 3.42. The van der Waals surface area contributed by atoms with Crippen molar-refractivity contribution >= 4 is 11.8 Å². The Morgan fingerprint density at radius 1 is 1.46 bits per heavy atom. The van der Waals surface area contributed by atoms with Gasteiger partial charge in [0.15, 0.2) is 11.6 Å². The lowest BCUT2D eigenvalue weighted by atomic mass is 10.2. The molecule has 0 heterocycles. The second-order valence-electron chi connectivity index (χ2n) is 2.71. The van der Waals surface area contributed by atoms with E-state index in [-0.39, 0.29) is 5.82 Å². The van der Waals surface area contributed by atoms with Gasteiger partial charge in [-0.2, -0.15) is 0 Å². The van der Waals surface area contributed by atoms with Crippen LogP contribution in [0.2, 0.25) is 0 Å². The Bertz CT molecular complexity index is 299. The van der Waals surface area contributed by atoms with Gasteiger partial charge in [-0.15, -0.1) is 11.8 Å².